The molecule has 0 spiro atoms. The van der Waals surface area contributed by atoms with Crippen LogP contribution in [-0.4, -0.2) is 45.9 Å². The maximum atomic E-state index is 13.9. The summed E-state index contributed by atoms with van der Waals surface area (Å²) in [5, 5.41) is 2.84. The highest BCUT2D eigenvalue weighted by Crippen LogP contribution is 2.27. The number of nitrogens with zero attached hydrogens (tertiary/aromatic N) is 1. The van der Waals surface area contributed by atoms with Crippen LogP contribution in [0.3, 0.4) is 0 Å². The molecule has 0 unspecified atom stereocenters. The molecule has 0 saturated carbocycles. The van der Waals surface area contributed by atoms with Crippen LogP contribution in [0.25, 0.3) is 0 Å². The first-order valence-electron chi connectivity index (χ1n) is 9.70. The molecule has 1 amide bonds. The zero-order valence-electron chi connectivity index (χ0n) is 17.2. The highest BCUT2D eigenvalue weighted by atomic mass is 32.2. The van der Waals surface area contributed by atoms with Crippen molar-refractivity contribution in [3.8, 4) is 11.5 Å². The summed E-state index contributed by atoms with van der Waals surface area (Å²) in [4.78, 5) is 11.9. The smallest absolute Gasteiger partial charge is 0.246 e. The topological polar surface area (TPSA) is 84.9 Å². The molecular weight excluding hydrogens is 430 g/mol. The number of carbonyl (C=O) groups excluding carboxylic acids is 1. The molecule has 1 N–H and O–H groups in total. The van der Waals surface area contributed by atoms with Crippen LogP contribution in [0.2, 0.25) is 0 Å². The van der Waals surface area contributed by atoms with Gasteiger partial charge in [0.25, 0.3) is 0 Å². The van der Waals surface area contributed by atoms with Gasteiger partial charge in [0, 0.05) is 31.1 Å². The van der Waals surface area contributed by atoms with Gasteiger partial charge in [0.05, 0.1) is 14.2 Å². The summed E-state index contributed by atoms with van der Waals surface area (Å²) in [7, 11) is -1.10. The lowest BCUT2D eigenvalue weighted by molar-refractivity contribution is -0.126. The fourth-order valence-electron chi connectivity index (χ4n) is 3.52. The predicted octanol–water partition coefficient (Wildman–Crippen LogP) is 2.70. The Morgan fingerprint density at radius 2 is 1.81 bits per heavy atom. The van der Waals surface area contributed by atoms with E-state index in [-0.39, 0.29) is 44.3 Å². The van der Waals surface area contributed by atoms with Gasteiger partial charge < -0.3 is 14.8 Å². The summed E-state index contributed by atoms with van der Waals surface area (Å²) >= 11 is 0. The molecule has 0 aromatic heterocycles. The number of halogens is 2. The maximum absolute atomic E-state index is 13.9. The number of hydrogen-bond acceptors (Lipinski definition) is 5. The van der Waals surface area contributed by atoms with Crippen molar-refractivity contribution in [1.82, 2.24) is 9.62 Å². The third-order valence-corrected chi connectivity index (χ3v) is 7.19. The molecule has 7 nitrogen and oxygen atoms in total. The van der Waals surface area contributed by atoms with Crippen LogP contribution in [0.4, 0.5) is 8.78 Å². The van der Waals surface area contributed by atoms with Crippen molar-refractivity contribution in [2.75, 3.05) is 27.3 Å². The SMILES string of the molecule is COc1ccc(OC)c(CNC(=O)C2CCN(S(=O)(=O)c3cc(F)ccc3F)CC2)c1. The van der Waals surface area contributed by atoms with E-state index in [9.17, 15) is 22.0 Å². The van der Waals surface area contributed by atoms with E-state index in [0.717, 1.165) is 22.0 Å². The van der Waals surface area contributed by atoms with Gasteiger partial charge in [-0.05, 0) is 49.2 Å². The number of benzene rings is 2. The van der Waals surface area contributed by atoms with Gasteiger partial charge in [-0.15, -0.1) is 0 Å². The van der Waals surface area contributed by atoms with Crippen molar-refractivity contribution in [1.29, 1.82) is 0 Å². The summed E-state index contributed by atoms with van der Waals surface area (Å²) in [5.41, 5.74) is 0.747. The Bertz CT molecular complexity index is 1050. The van der Waals surface area contributed by atoms with Crippen molar-refractivity contribution in [2.45, 2.75) is 24.3 Å². The maximum Gasteiger partial charge on any atom is 0.246 e. The van der Waals surface area contributed by atoms with E-state index in [2.05, 4.69) is 5.32 Å². The first-order chi connectivity index (χ1) is 14.8. The molecule has 1 fully saturated rings. The highest BCUT2D eigenvalue weighted by molar-refractivity contribution is 7.89. The Kier molecular flexibility index (Phi) is 7.11. The Hall–Kier alpha value is -2.72. The number of ether oxygens (including phenoxy) is 2. The molecule has 1 aliphatic rings. The van der Waals surface area contributed by atoms with Crippen LogP contribution >= 0.6 is 0 Å². The third-order valence-electron chi connectivity index (χ3n) is 5.28. The van der Waals surface area contributed by atoms with Gasteiger partial charge in [-0.25, -0.2) is 17.2 Å². The van der Waals surface area contributed by atoms with E-state index >= 15 is 0 Å². The van der Waals surface area contributed by atoms with Crippen LogP contribution < -0.4 is 14.8 Å². The van der Waals surface area contributed by atoms with Crippen molar-refractivity contribution < 1.29 is 31.5 Å². The summed E-state index contributed by atoms with van der Waals surface area (Å²) in [6.07, 6.45) is 0.550. The minimum atomic E-state index is -4.18. The van der Waals surface area contributed by atoms with Crippen LogP contribution in [0, 0.1) is 17.6 Å². The second-order valence-corrected chi connectivity index (χ2v) is 9.06. The zero-order chi connectivity index (χ0) is 22.6. The lowest BCUT2D eigenvalue weighted by Crippen LogP contribution is -2.43. The quantitative estimate of drug-likeness (QED) is 0.696. The van der Waals surface area contributed by atoms with E-state index in [1.807, 2.05) is 0 Å². The first kappa shape index (κ1) is 23.0. The molecule has 1 heterocycles. The standard InChI is InChI=1S/C21H24F2N2O5S/c1-29-17-4-6-19(30-2)15(11-17)13-24-21(26)14-7-9-25(10-8-14)31(27,28)20-12-16(22)3-5-18(20)23/h3-6,11-12,14H,7-10,13H2,1-2H3,(H,24,26). The third kappa shape index (κ3) is 5.13. The van der Waals surface area contributed by atoms with Gasteiger partial charge in [-0.3, -0.25) is 4.79 Å². The molecule has 0 bridgehead atoms. The van der Waals surface area contributed by atoms with Crippen LogP contribution in [0.15, 0.2) is 41.3 Å². The number of methoxy groups -OCH3 is 2. The van der Waals surface area contributed by atoms with Gasteiger partial charge in [-0.1, -0.05) is 0 Å². The Balaban J connectivity index is 1.61. The summed E-state index contributed by atoms with van der Waals surface area (Å²) in [6, 6.07) is 7.58. The molecule has 3 rings (SSSR count). The van der Waals surface area contributed by atoms with Gasteiger partial charge in [0.2, 0.25) is 15.9 Å². The van der Waals surface area contributed by atoms with Crippen LogP contribution in [-0.2, 0) is 21.4 Å². The number of nitrogens with one attached hydrogen (secondary N) is 1. The fourth-order valence-corrected chi connectivity index (χ4v) is 5.06. The molecule has 31 heavy (non-hydrogen) atoms. The minimum Gasteiger partial charge on any atom is -0.497 e. The van der Waals surface area contributed by atoms with Gasteiger partial charge in [0.15, 0.2) is 0 Å². The summed E-state index contributed by atoms with van der Waals surface area (Å²) in [6.45, 7) is 0.309. The van der Waals surface area contributed by atoms with Gasteiger partial charge in [-0.2, -0.15) is 4.31 Å². The largest absolute Gasteiger partial charge is 0.497 e. The number of sulfonamides is 1. The monoisotopic (exact) mass is 454 g/mol. The van der Waals surface area contributed by atoms with E-state index in [4.69, 9.17) is 9.47 Å². The summed E-state index contributed by atoms with van der Waals surface area (Å²) in [5.74, 6) is -1.19. The molecule has 1 aliphatic heterocycles. The second kappa shape index (κ2) is 9.61. The Morgan fingerprint density at radius 3 is 2.45 bits per heavy atom. The minimum absolute atomic E-state index is 0.0405. The van der Waals surface area contributed by atoms with Gasteiger partial charge >= 0.3 is 0 Å². The van der Waals surface area contributed by atoms with Crippen molar-refractivity contribution in [3.63, 3.8) is 0 Å². The first-order valence-corrected chi connectivity index (χ1v) is 11.1. The number of rotatable bonds is 7. The predicted molar refractivity (Wildman–Crippen MR) is 109 cm³/mol. The lowest BCUT2D eigenvalue weighted by atomic mass is 9.97. The molecule has 0 aliphatic carbocycles. The molecule has 0 radical (unpaired) electrons. The number of amides is 1. The number of hydrogen-bond donors (Lipinski definition) is 1. The number of piperidine rings is 1. The van der Waals surface area contributed by atoms with E-state index in [1.165, 1.54) is 7.11 Å². The lowest BCUT2D eigenvalue weighted by Gasteiger charge is -2.30. The fraction of sp³-hybridized carbons (Fsp3) is 0.381. The molecule has 2 aromatic carbocycles. The average molecular weight is 454 g/mol. The van der Waals surface area contributed by atoms with Crippen molar-refractivity contribution in [3.05, 3.63) is 53.6 Å². The molecule has 168 valence electrons. The zero-order valence-corrected chi connectivity index (χ0v) is 18.0. The van der Waals surface area contributed by atoms with Crippen molar-refractivity contribution in [2.24, 2.45) is 5.92 Å². The molecular formula is C21H24F2N2O5S. The van der Waals surface area contributed by atoms with Crippen LogP contribution in [0.5, 0.6) is 11.5 Å². The van der Waals surface area contributed by atoms with E-state index < -0.39 is 26.6 Å². The number of carbonyl (C=O) groups is 1. The van der Waals surface area contributed by atoms with Gasteiger partial charge in [0.1, 0.15) is 28.0 Å². The Labute approximate surface area is 180 Å². The summed E-state index contributed by atoms with van der Waals surface area (Å²) < 4.78 is 64.3. The molecule has 2 aromatic rings. The van der Waals surface area contributed by atoms with Crippen LogP contribution in [0.1, 0.15) is 18.4 Å². The van der Waals surface area contributed by atoms with Crippen molar-refractivity contribution >= 4 is 15.9 Å². The van der Waals surface area contributed by atoms with E-state index in [0.29, 0.717) is 17.6 Å². The van der Waals surface area contributed by atoms with E-state index in [1.54, 1.807) is 25.3 Å². The Morgan fingerprint density at radius 1 is 1.10 bits per heavy atom. The second-order valence-electron chi connectivity index (χ2n) is 7.15. The highest BCUT2D eigenvalue weighted by Gasteiger charge is 2.33. The molecule has 1 saturated heterocycles. The average Bonchev–Trinajstić information content (AvgIpc) is 2.78. The molecule has 10 heteroatoms. The normalized spacial score (nSPS) is 15.5. The molecule has 0 atom stereocenters.